The zero-order valence-electron chi connectivity index (χ0n) is 39.8. The van der Waals surface area contributed by atoms with Gasteiger partial charge in [0.2, 0.25) is 0 Å². The number of aromatic nitrogens is 3. The lowest BCUT2D eigenvalue weighted by Crippen LogP contribution is -2.61. The number of benzene rings is 1. The van der Waals surface area contributed by atoms with Crippen molar-refractivity contribution in [3.05, 3.63) is 42.2 Å². The average molecular weight is 892 g/mol. The van der Waals surface area contributed by atoms with Crippen LogP contribution in [0.3, 0.4) is 0 Å². The highest BCUT2D eigenvalue weighted by molar-refractivity contribution is 5.73. The summed E-state index contributed by atoms with van der Waals surface area (Å²) in [6.45, 7) is 16.1. The number of carbonyl (C=O) groups is 1. The largest absolute Gasteiger partial charge is 0.458 e. The minimum Gasteiger partial charge on any atom is -0.458 e. The number of cyclic esters (lactones) is 1. The smallest absolute Gasteiger partial charge is 0.311 e. The van der Waals surface area contributed by atoms with E-state index in [1.807, 2.05) is 95.9 Å². The van der Waals surface area contributed by atoms with Crippen LogP contribution in [0.4, 0.5) is 0 Å². The standard InChI is InChI=1S/C46H77N5O12/c1-27-20-46(8,57-13)42(63-44-39(53)36(49(9)10)19-29(3)59-44)30(4)40(62-37-21-45(7,56-12)41(54)32(6)60-37)31(5)43(55)61-35(24-50(11)22-28(2)38(27)52)26-58-25-33-23-51(48-47-33)34-17-15-14-16-18-34/h14-18,23,27-32,35-42,44,52-54H,19-22,24-26H2,1-13H3/t27-,28-,29-,30+,31-,32+,35+,36+,37+,38+,39-,40+,41+,42-,44+,45-,46-/m1/s1. The molecule has 3 fully saturated rings. The number of hydrogen-bond acceptors (Lipinski definition) is 16. The lowest BCUT2D eigenvalue weighted by Gasteiger charge is -2.49. The number of ether oxygens (including phenoxy) is 8. The molecule has 2 aromatic rings. The lowest BCUT2D eigenvalue weighted by atomic mass is 9.75. The minimum absolute atomic E-state index is 0.0539. The van der Waals surface area contributed by atoms with Gasteiger partial charge in [-0.3, -0.25) is 4.79 Å². The molecule has 63 heavy (non-hydrogen) atoms. The Hall–Kier alpha value is -2.65. The Bertz CT molecular complexity index is 1710. The number of methoxy groups -OCH3 is 2. The maximum Gasteiger partial charge on any atom is 0.311 e. The third-order valence-corrected chi connectivity index (χ3v) is 13.7. The second-order valence-electron chi connectivity index (χ2n) is 19.3. The monoisotopic (exact) mass is 892 g/mol. The number of para-hydroxylation sites is 1. The van der Waals surface area contributed by atoms with Gasteiger partial charge in [-0.05, 0) is 92.6 Å². The summed E-state index contributed by atoms with van der Waals surface area (Å²) in [6, 6.07) is 9.39. The zero-order valence-corrected chi connectivity index (χ0v) is 39.8. The van der Waals surface area contributed by atoms with Crippen LogP contribution in [0.5, 0.6) is 0 Å². The van der Waals surface area contributed by atoms with Gasteiger partial charge < -0.3 is 63.0 Å². The molecule has 3 N–H and O–H groups in total. The Balaban J connectivity index is 1.51. The average Bonchev–Trinajstić information content (AvgIpc) is 3.72. The number of aliphatic hydroxyl groups excluding tert-OH is 3. The van der Waals surface area contributed by atoms with Gasteiger partial charge in [-0.15, -0.1) is 5.10 Å². The molecule has 4 heterocycles. The molecule has 1 aromatic heterocycles. The minimum atomic E-state index is -1.11. The summed E-state index contributed by atoms with van der Waals surface area (Å²) >= 11 is 0. The van der Waals surface area contributed by atoms with E-state index in [0.29, 0.717) is 31.6 Å². The molecule has 0 amide bonds. The van der Waals surface area contributed by atoms with Gasteiger partial charge in [0, 0.05) is 45.7 Å². The summed E-state index contributed by atoms with van der Waals surface area (Å²) in [5, 5.41) is 43.3. The molecule has 0 unspecified atom stereocenters. The van der Waals surface area contributed by atoms with E-state index in [0.717, 1.165) is 5.69 Å². The molecule has 3 aliphatic rings. The van der Waals surface area contributed by atoms with E-state index >= 15 is 0 Å². The van der Waals surface area contributed by atoms with Gasteiger partial charge in [0.05, 0.1) is 72.7 Å². The maximum absolute atomic E-state index is 14.7. The maximum atomic E-state index is 14.7. The summed E-state index contributed by atoms with van der Waals surface area (Å²) in [5.74, 6) is -2.57. The quantitative estimate of drug-likeness (QED) is 0.263. The number of likely N-dealkylation sites (N-methyl/N-ethyl adjacent to an activating group) is 2. The Morgan fingerprint density at radius 3 is 2.22 bits per heavy atom. The Morgan fingerprint density at radius 2 is 1.57 bits per heavy atom. The number of aliphatic hydroxyl groups is 3. The van der Waals surface area contributed by atoms with Crippen LogP contribution < -0.4 is 0 Å². The number of nitrogens with zero attached hydrogens (tertiary/aromatic N) is 5. The fourth-order valence-electron chi connectivity index (χ4n) is 9.82. The first-order valence-electron chi connectivity index (χ1n) is 22.6. The van der Waals surface area contributed by atoms with Crippen molar-refractivity contribution in [1.29, 1.82) is 0 Å². The van der Waals surface area contributed by atoms with Gasteiger partial charge in [0.15, 0.2) is 12.6 Å². The van der Waals surface area contributed by atoms with E-state index in [1.54, 1.807) is 38.8 Å². The number of carbonyl (C=O) groups excluding carboxylic acids is 1. The second-order valence-corrected chi connectivity index (χ2v) is 19.3. The lowest BCUT2D eigenvalue weighted by molar-refractivity contribution is -0.319. The van der Waals surface area contributed by atoms with Crippen LogP contribution >= 0.6 is 0 Å². The summed E-state index contributed by atoms with van der Waals surface area (Å²) < 4.78 is 53.0. The third kappa shape index (κ3) is 12.6. The van der Waals surface area contributed by atoms with Crippen molar-refractivity contribution in [3.8, 4) is 5.69 Å². The van der Waals surface area contributed by atoms with Crippen LogP contribution in [0.1, 0.15) is 80.3 Å². The number of hydrogen-bond donors (Lipinski definition) is 3. The first kappa shape index (κ1) is 51.3. The normalized spacial score (nSPS) is 40.6. The summed E-state index contributed by atoms with van der Waals surface area (Å²) in [6.07, 6.45) is -5.18. The molecule has 17 heteroatoms. The van der Waals surface area contributed by atoms with Gasteiger partial charge >= 0.3 is 5.97 Å². The molecule has 3 aliphatic heterocycles. The first-order chi connectivity index (χ1) is 29.7. The predicted octanol–water partition coefficient (Wildman–Crippen LogP) is 3.44. The van der Waals surface area contributed by atoms with Crippen molar-refractivity contribution in [2.75, 3.05) is 55.1 Å². The third-order valence-electron chi connectivity index (χ3n) is 13.7. The molecule has 0 bridgehead atoms. The molecule has 3 saturated heterocycles. The molecular formula is C46H77N5O12. The van der Waals surface area contributed by atoms with Crippen molar-refractivity contribution >= 4 is 5.97 Å². The molecule has 17 nitrogen and oxygen atoms in total. The molecule has 0 aliphatic carbocycles. The highest BCUT2D eigenvalue weighted by atomic mass is 16.7. The zero-order chi connectivity index (χ0) is 46.4. The Kier molecular flexibility index (Phi) is 18.1. The van der Waals surface area contributed by atoms with Gasteiger partial charge in [-0.25, -0.2) is 4.68 Å². The van der Waals surface area contributed by atoms with E-state index in [9.17, 15) is 20.1 Å². The molecule has 0 spiro atoms. The van der Waals surface area contributed by atoms with Crippen molar-refractivity contribution < 1.29 is 58.0 Å². The van der Waals surface area contributed by atoms with E-state index in [2.05, 4.69) is 10.3 Å². The highest BCUT2D eigenvalue weighted by Crippen LogP contribution is 2.41. The van der Waals surface area contributed by atoms with Gasteiger partial charge in [0.1, 0.15) is 24.0 Å². The van der Waals surface area contributed by atoms with Gasteiger partial charge in [-0.1, -0.05) is 44.2 Å². The molecule has 1 aromatic carbocycles. The molecule has 0 radical (unpaired) electrons. The SMILES string of the molecule is CO[C@]1(C)C[C@@H](C)[C@H](O)[C@H](C)CN(C)C[C@@H](COCc2cn(-c3ccccc3)nn2)OC(=O)[C@H](C)[C@@H](O[C@H]2C[C@@](C)(OC)[C@@H](O)[C@H](C)O2)[C@H](C)[C@H]1O[C@@H]1O[C@H](C)C[C@H](N(C)C)[C@H]1O. The highest BCUT2D eigenvalue weighted by Gasteiger charge is 2.52. The topological polar surface area (TPSA) is 189 Å². The number of rotatable bonds is 12. The van der Waals surface area contributed by atoms with Crippen molar-refractivity contribution in [2.45, 2.75) is 160 Å². The van der Waals surface area contributed by atoms with Crippen LogP contribution in [0.15, 0.2) is 36.5 Å². The van der Waals surface area contributed by atoms with E-state index in [4.69, 9.17) is 37.9 Å². The van der Waals surface area contributed by atoms with Gasteiger partial charge in [-0.2, -0.15) is 0 Å². The second kappa shape index (κ2) is 22.2. The van der Waals surface area contributed by atoms with Crippen molar-refractivity contribution in [2.24, 2.45) is 23.7 Å². The molecule has 358 valence electrons. The van der Waals surface area contributed by atoms with Gasteiger partial charge in [0.25, 0.3) is 0 Å². The van der Waals surface area contributed by atoms with E-state index < -0.39 is 84.3 Å². The molecule has 0 saturated carbocycles. The van der Waals surface area contributed by atoms with Crippen LogP contribution in [0.2, 0.25) is 0 Å². The van der Waals surface area contributed by atoms with Crippen molar-refractivity contribution in [1.82, 2.24) is 24.8 Å². The first-order valence-corrected chi connectivity index (χ1v) is 22.6. The molecule has 5 rings (SSSR count). The van der Waals surface area contributed by atoms with E-state index in [-0.39, 0.29) is 43.6 Å². The number of esters is 1. The molecule has 17 atom stereocenters. The molecular weight excluding hydrogens is 815 g/mol. The fraction of sp³-hybridized carbons (Fsp3) is 0.804. The van der Waals surface area contributed by atoms with Crippen LogP contribution in [-0.2, 0) is 49.3 Å². The Labute approximate surface area is 374 Å². The summed E-state index contributed by atoms with van der Waals surface area (Å²) in [7, 11) is 8.91. The van der Waals surface area contributed by atoms with E-state index in [1.165, 1.54) is 7.11 Å². The summed E-state index contributed by atoms with van der Waals surface area (Å²) in [4.78, 5) is 18.7. The van der Waals surface area contributed by atoms with Crippen LogP contribution in [-0.4, -0.2) is 180 Å². The Morgan fingerprint density at radius 1 is 0.889 bits per heavy atom. The summed E-state index contributed by atoms with van der Waals surface area (Å²) in [5.41, 5.74) is -0.642. The van der Waals surface area contributed by atoms with Crippen LogP contribution in [0.25, 0.3) is 5.69 Å². The van der Waals surface area contributed by atoms with Crippen molar-refractivity contribution in [3.63, 3.8) is 0 Å². The fourth-order valence-corrected chi connectivity index (χ4v) is 9.82. The van der Waals surface area contributed by atoms with Crippen LogP contribution in [0, 0.1) is 23.7 Å². The predicted molar refractivity (Wildman–Crippen MR) is 234 cm³/mol.